The van der Waals surface area contributed by atoms with Gasteiger partial charge in [-0.2, -0.15) is 0 Å². The summed E-state index contributed by atoms with van der Waals surface area (Å²) in [5.41, 5.74) is 0.957. The van der Waals surface area contributed by atoms with E-state index in [1.54, 1.807) is 60.7 Å². The number of rotatable bonds is 6. The Hall–Kier alpha value is -3.80. The topological polar surface area (TPSA) is 86.5 Å². The van der Waals surface area contributed by atoms with Gasteiger partial charge in [0.1, 0.15) is 0 Å². The van der Waals surface area contributed by atoms with Crippen LogP contribution >= 0.6 is 0 Å². The molecule has 0 aliphatic rings. The first-order chi connectivity index (χ1) is 13.1. The zero-order valence-electron chi connectivity index (χ0n) is 14.1. The number of nitrogens with zero attached hydrogens (tertiary/aromatic N) is 1. The number of hydrogen-bond acceptors (Lipinski definition) is 5. The van der Waals surface area contributed by atoms with Gasteiger partial charge in [-0.25, -0.2) is 4.79 Å². The predicted octanol–water partition coefficient (Wildman–Crippen LogP) is 4.38. The minimum atomic E-state index is -1.11. The van der Waals surface area contributed by atoms with E-state index in [2.05, 4.69) is 0 Å². The van der Waals surface area contributed by atoms with Gasteiger partial charge in [-0.05, 0) is 12.1 Å². The summed E-state index contributed by atoms with van der Waals surface area (Å²) in [5.74, 6) is -1.08. The van der Waals surface area contributed by atoms with Gasteiger partial charge in [0.25, 0.3) is 5.69 Å². The number of carbonyl (C=O) groups is 2. The van der Waals surface area contributed by atoms with Crippen LogP contribution < -0.4 is 0 Å². The van der Waals surface area contributed by atoms with Crippen LogP contribution in [0, 0.1) is 10.1 Å². The third-order valence-corrected chi connectivity index (χ3v) is 3.94. The molecule has 6 nitrogen and oxygen atoms in total. The molecule has 134 valence electrons. The standard InChI is InChI=1S/C21H15NO5/c23-19(15-7-3-1-4-8-15)20(16-9-5-2-6-10-16)27-21(24)17-11-13-18(14-12-17)22(25)26/h1-14,20H/t20-/m0/s1. The van der Waals surface area contributed by atoms with Crippen molar-refractivity contribution in [2.45, 2.75) is 6.10 Å². The maximum Gasteiger partial charge on any atom is 0.339 e. The number of benzene rings is 3. The number of nitro benzene ring substituents is 1. The minimum Gasteiger partial charge on any atom is -0.445 e. The van der Waals surface area contributed by atoms with Gasteiger partial charge in [-0.3, -0.25) is 14.9 Å². The summed E-state index contributed by atoms with van der Waals surface area (Å²) in [5, 5.41) is 10.7. The van der Waals surface area contributed by atoms with Crippen LogP contribution in [0.25, 0.3) is 0 Å². The fourth-order valence-corrected chi connectivity index (χ4v) is 2.55. The lowest BCUT2D eigenvalue weighted by Gasteiger charge is -2.17. The molecule has 0 unspecified atom stereocenters. The summed E-state index contributed by atoms with van der Waals surface area (Å²) in [6, 6.07) is 22.3. The molecule has 0 aromatic heterocycles. The van der Waals surface area contributed by atoms with E-state index in [-0.39, 0.29) is 17.0 Å². The van der Waals surface area contributed by atoms with Gasteiger partial charge in [0.05, 0.1) is 10.5 Å². The summed E-state index contributed by atoms with van der Waals surface area (Å²) in [7, 11) is 0. The van der Waals surface area contributed by atoms with E-state index in [0.29, 0.717) is 11.1 Å². The van der Waals surface area contributed by atoms with Crippen LogP contribution in [0.4, 0.5) is 5.69 Å². The van der Waals surface area contributed by atoms with E-state index < -0.39 is 17.0 Å². The zero-order chi connectivity index (χ0) is 19.2. The highest BCUT2D eigenvalue weighted by molar-refractivity contribution is 6.02. The molecule has 0 N–H and O–H groups in total. The van der Waals surface area contributed by atoms with Crippen molar-refractivity contribution in [1.29, 1.82) is 0 Å². The van der Waals surface area contributed by atoms with Gasteiger partial charge in [-0.15, -0.1) is 0 Å². The van der Waals surface area contributed by atoms with E-state index >= 15 is 0 Å². The number of nitro groups is 1. The van der Waals surface area contributed by atoms with Crippen LogP contribution in [-0.4, -0.2) is 16.7 Å². The van der Waals surface area contributed by atoms with E-state index in [1.807, 2.05) is 0 Å². The van der Waals surface area contributed by atoms with Crippen molar-refractivity contribution in [3.8, 4) is 0 Å². The quantitative estimate of drug-likeness (QED) is 0.281. The molecule has 0 fully saturated rings. The van der Waals surface area contributed by atoms with Crippen molar-refractivity contribution >= 4 is 17.4 Å². The van der Waals surface area contributed by atoms with Gasteiger partial charge < -0.3 is 4.74 Å². The third kappa shape index (κ3) is 4.24. The Kier molecular flexibility index (Phi) is 5.37. The molecular formula is C21H15NO5. The van der Waals surface area contributed by atoms with E-state index in [0.717, 1.165) is 0 Å². The monoisotopic (exact) mass is 361 g/mol. The van der Waals surface area contributed by atoms with Crippen molar-refractivity contribution in [2.75, 3.05) is 0 Å². The van der Waals surface area contributed by atoms with Crippen molar-refractivity contribution in [2.24, 2.45) is 0 Å². The van der Waals surface area contributed by atoms with E-state index in [9.17, 15) is 19.7 Å². The lowest BCUT2D eigenvalue weighted by Crippen LogP contribution is -2.20. The number of non-ortho nitro benzene ring substituents is 1. The highest BCUT2D eigenvalue weighted by Gasteiger charge is 2.26. The van der Waals surface area contributed by atoms with Crippen LogP contribution in [0.3, 0.4) is 0 Å². The number of ether oxygens (including phenoxy) is 1. The Labute approximate surface area is 155 Å². The van der Waals surface area contributed by atoms with Crippen LogP contribution in [0.2, 0.25) is 0 Å². The van der Waals surface area contributed by atoms with Gasteiger partial charge in [0.2, 0.25) is 5.78 Å². The second-order valence-electron chi connectivity index (χ2n) is 5.73. The molecule has 3 rings (SSSR count). The number of Topliss-reactive ketones (excluding diaryl/α,β-unsaturated/α-hetero) is 1. The van der Waals surface area contributed by atoms with Crippen LogP contribution in [0.15, 0.2) is 84.9 Å². The lowest BCUT2D eigenvalue weighted by molar-refractivity contribution is -0.384. The van der Waals surface area contributed by atoms with Crippen LogP contribution in [-0.2, 0) is 4.74 Å². The van der Waals surface area contributed by atoms with Crippen molar-refractivity contribution in [3.63, 3.8) is 0 Å². The molecule has 0 saturated heterocycles. The average Bonchev–Trinajstić information content (AvgIpc) is 2.72. The summed E-state index contributed by atoms with van der Waals surface area (Å²) in [6.45, 7) is 0. The molecule has 0 spiro atoms. The summed E-state index contributed by atoms with van der Waals surface area (Å²) < 4.78 is 5.48. The highest BCUT2D eigenvalue weighted by atomic mass is 16.6. The second kappa shape index (κ2) is 8.05. The second-order valence-corrected chi connectivity index (χ2v) is 5.73. The largest absolute Gasteiger partial charge is 0.445 e. The molecule has 0 bridgehead atoms. The molecule has 6 heteroatoms. The van der Waals surface area contributed by atoms with Gasteiger partial charge >= 0.3 is 5.97 Å². The van der Waals surface area contributed by atoms with Gasteiger partial charge in [-0.1, -0.05) is 60.7 Å². The predicted molar refractivity (Wildman–Crippen MR) is 98.5 cm³/mol. The number of esters is 1. The molecule has 1 atom stereocenters. The maximum absolute atomic E-state index is 12.9. The Bertz CT molecular complexity index is 953. The molecular weight excluding hydrogens is 346 g/mol. The molecule has 0 heterocycles. The SMILES string of the molecule is O=C(O[C@H](C(=O)c1ccccc1)c1ccccc1)c1ccc([N+](=O)[O-])cc1. The smallest absolute Gasteiger partial charge is 0.339 e. The first-order valence-corrected chi connectivity index (χ1v) is 8.16. The normalized spacial score (nSPS) is 11.4. The molecule has 0 radical (unpaired) electrons. The Morgan fingerprint density at radius 3 is 1.89 bits per heavy atom. The fourth-order valence-electron chi connectivity index (χ4n) is 2.55. The number of carbonyl (C=O) groups excluding carboxylic acids is 2. The van der Waals surface area contributed by atoms with Crippen molar-refractivity contribution in [1.82, 2.24) is 0 Å². The Morgan fingerprint density at radius 1 is 0.778 bits per heavy atom. The average molecular weight is 361 g/mol. The Balaban J connectivity index is 1.88. The van der Waals surface area contributed by atoms with E-state index in [4.69, 9.17) is 4.74 Å². The first-order valence-electron chi connectivity index (χ1n) is 8.16. The lowest BCUT2D eigenvalue weighted by atomic mass is 10.00. The molecule has 0 aliphatic heterocycles. The third-order valence-electron chi connectivity index (χ3n) is 3.94. The molecule has 3 aromatic rings. The van der Waals surface area contributed by atoms with Gasteiger partial charge in [0.15, 0.2) is 6.10 Å². The van der Waals surface area contributed by atoms with Crippen molar-refractivity contribution < 1.29 is 19.2 Å². The minimum absolute atomic E-state index is 0.127. The van der Waals surface area contributed by atoms with Crippen LogP contribution in [0.5, 0.6) is 0 Å². The maximum atomic E-state index is 12.9. The molecule has 0 amide bonds. The summed E-state index contributed by atoms with van der Waals surface area (Å²) in [4.78, 5) is 35.6. The van der Waals surface area contributed by atoms with Gasteiger partial charge in [0, 0.05) is 23.3 Å². The fraction of sp³-hybridized carbons (Fsp3) is 0.0476. The van der Waals surface area contributed by atoms with E-state index in [1.165, 1.54) is 24.3 Å². The molecule has 27 heavy (non-hydrogen) atoms. The zero-order valence-corrected chi connectivity index (χ0v) is 14.1. The summed E-state index contributed by atoms with van der Waals surface area (Å²) in [6.07, 6.45) is -1.11. The van der Waals surface area contributed by atoms with Crippen molar-refractivity contribution in [3.05, 3.63) is 112 Å². The Morgan fingerprint density at radius 2 is 1.33 bits per heavy atom. The summed E-state index contributed by atoms with van der Waals surface area (Å²) >= 11 is 0. The first kappa shape index (κ1) is 18.0. The van der Waals surface area contributed by atoms with Crippen LogP contribution in [0.1, 0.15) is 32.4 Å². The molecule has 0 aliphatic carbocycles. The molecule has 0 saturated carbocycles. The number of ketones is 1. The highest BCUT2D eigenvalue weighted by Crippen LogP contribution is 2.24. The number of hydrogen-bond donors (Lipinski definition) is 0. The molecule has 3 aromatic carbocycles.